The predicted octanol–water partition coefficient (Wildman–Crippen LogP) is 3.15. The van der Waals surface area contributed by atoms with Gasteiger partial charge >= 0.3 is 6.18 Å². The maximum absolute atomic E-state index is 12.9. The number of fused-ring (bicyclic) bond motifs is 1. The van der Waals surface area contributed by atoms with Crippen LogP contribution in [0.3, 0.4) is 0 Å². The zero-order valence-corrected chi connectivity index (χ0v) is 16.2. The van der Waals surface area contributed by atoms with Crippen molar-refractivity contribution >= 4 is 39.1 Å². The van der Waals surface area contributed by atoms with Gasteiger partial charge in [-0.2, -0.15) is 13.2 Å². The molecule has 12 heteroatoms. The Morgan fingerprint density at radius 3 is 2.48 bits per heavy atom. The first-order valence-corrected chi connectivity index (χ1v) is 9.75. The second-order valence-corrected chi connectivity index (χ2v) is 7.83. The Bertz CT molecular complexity index is 1130. The highest BCUT2D eigenvalue weighted by Crippen LogP contribution is 2.32. The van der Waals surface area contributed by atoms with Gasteiger partial charge in [-0.3, -0.25) is 4.79 Å². The number of nitrogens with zero attached hydrogens (tertiary/aromatic N) is 2. The molecule has 2 heterocycles. The summed E-state index contributed by atoms with van der Waals surface area (Å²) in [4.78, 5) is 12.0. The molecule has 0 saturated heterocycles. The smallest absolute Gasteiger partial charge is 0.416 e. The van der Waals surface area contributed by atoms with Gasteiger partial charge in [0.15, 0.2) is 0 Å². The molecular weight excluding hydrogens is 435 g/mol. The summed E-state index contributed by atoms with van der Waals surface area (Å²) in [6.07, 6.45) is -2.99. The van der Waals surface area contributed by atoms with Crippen LogP contribution in [0.5, 0.6) is 0 Å². The van der Waals surface area contributed by atoms with E-state index in [9.17, 15) is 21.6 Å². The van der Waals surface area contributed by atoms with Crippen LogP contribution in [-0.4, -0.2) is 35.5 Å². The molecule has 0 spiro atoms. The van der Waals surface area contributed by atoms with E-state index in [0.29, 0.717) is 23.6 Å². The van der Waals surface area contributed by atoms with Gasteiger partial charge in [0.05, 0.1) is 21.5 Å². The van der Waals surface area contributed by atoms with Crippen molar-refractivity contribution in [2.75, 3.05) is 6.54 Å². The molecule has 3 aromatic rings. The standard InChI is InChI=1S/C16H13ClF3N3O2S.CH2O2/c17-14-5-4-13-15(22-14)10(6-7-21)9-23(13)26(24,25)12-3-1-2-11(8-12)16(18,19)20;2-1-3/h1-5,8-9H,6-7,21H2;1H,(H,2,3). The maximum Gasteiger partial charge on any atom is 0.416 e. The number of rotatable bonds is 4. The minimum absolute atomic E-state index is 0.171. The third-order valence-corrected chi connectivity index (χ3v) is 5.67. The fourth-order valence-corrected chi connectivity index (χ4v) is 4.17. The zero-order chi connectivity index (χ0) is 21.8. The molecule has 2 aromatic heterocycles. The van der Waals surface area contributed by atoms with Crippen molar-refractivity contribution in [2.45, 2.75) is 17.5 Å². The van der Waals surface area contributed by atoms with E-state index >= 15 is 0 Å². The number of nitrogens with two attached hydrogens (primary N) is 1. The number of aromatic nitrogens is 2. The van der Waals surface area contributed by atoms with Crippen LogP contribution in [-0.2, 0) is 27.4 Å². The zero-order valence-electron chi connectivity index (χ0n) is 14.6. The second kappa shape index (κ2) is 8.80. The molecule has 0 bridgehead atoms. The lowest BCUT2D eigenvalue weighted by Gasteiger charge is -2.11. The van der Waals surface area contributed by atoms with Crippen LogP contribution < -0.4 is 5.73 Å². The molecule has 0 radical (unpaired) electrons. The van der Waals surface area contributed by atoms with Gasteiger partial charge in [-0.15, -0.1) is 0 Å². The number of hydrogen-bond acceptors (Lipinski definition) is 5. The van der Waals surface area contributed by atoms with Crippen molar-refractivity contribution < 1.29 is 31.5 Å². The van der Waals surface area contributed by atoms with E-state index < -0.39 is 26.7 Å². The first kappa shape index (κ1) is 22.7. The first-order chi connectivity index (χ1) is 13.6. The Morgan fingerprint density at radius 1 is 1.24 bits per heavy atom. The molecule has 0 aliphatic rings. The van der Waals surface area contributed by atoms with Crippen LogP contribution in [0, 0.1) is 0 Å². The summed E-state index contributed by atoms with van der Waals surface area (Å²) >= 11 is 5.88. The molecule has 0 unspecified atom stereocenters. The third kappa shape index (κ3) is 4.86. The Morgan fingerprint density at radius 2 is 1.90 bits per heavy atom. The van der Waals surface area contributed by atoms with E-state index in [-0.39, 0.29) is 23.7 Å². The molecule has 0 aliphatic carbocycles. The lowest BCUT2D eigenvalue weighted by Crippen LogP contribution is -2.14. The number of carbonyl (C=O) groups is 1. The maximum atomic E-state index is 12.9. The van der Waals surface area contributed by atoms with E-state index in [0.717, 1.165) is 22.2 Å². The highest BCUT2D eigenvalue weighted by molar-refractivity contribution is 7.90. The summed E-state index contributed by atoms with van der Waals surface area (Å²) in [6, 6.07) is 6.45. The van der Waals surface area contributed by atoms with Crippen molar-refractivity contribution in [1.29, 1.82) is 0 Å². The average Bonchev–Trinajstić information content (AvgIpc) is 3.01. The minimum Gasteiger partial charge on any atom is -0.483 e. The fraction of sp³-hybridized carbons (Fsp3) is 0.176. The quantitative estimate of drug-likeness (QED) is 0.467. The topological polar surface area (TPSA) is 115 Å². The van der Waals surface area contributed by atoms with Crippen LogP contribution in [0.25, 0.3) is 11.0 Å². The summed E-state index contributed by atoms with van der Waals surface area (Å²) in [6.45, 7) is -0.00306. The Balaban J connectivity index is 0.000000941. The SMILES string of the molecule is NCCc1cn(S(=O)(=O)c2cccc(C(F)(F)F)c2)c2ccc(Cl)nc12.O=CO. The first-order valence-electron chi connectivity index (χ1n) is 7.93. The van der Waals surface area contributed by atoms with Crippen molar-refractivity contribution in [3.63, 3.8) is 0 Å². The van der Waals surface area contributed by atoms with Gasteiger partial charge in [0.1, 0.15) is 5.15 Å². The van der Waals surface area contributed by atoms with Crippen molar-refractivity contribution in [2.24, 2.45) is 5.73 Å². The summed E-state index contributed by atoms with van der Waals surface area (Å²) < 4.78 is 65.5. The summed E-state index contributed by atoms with van der Waals surface area (Å²) in [5.41, 5.74) is 5.61. The predicted molar refractivity (Wildman–Crippen MR) is 100 cm³/mol. The molecule has 0 fully saturated rings. The van der Waals surface area contributed by atoms with Gasteiger partial charge in [-0.25, -0.2) is 17.4 Å². The molecule has 0 amide bonds. The number of pyridine rings is 1. The molecule has 29 heavy (non-hydrogen) atoms. The molecule has 156 valence electrons. The highest BCUT2D eigenvalue weighted by atomic mass is 35.5. The molecule has 0 aliphatic heterocycles. The largest absolute Gasteiger partial charge is 0.483 e. The van der Waals surface area contributed by atoms with Crippen LogP contribution in [0.2, 0.25) is 5.15 Å². The third-order valence-electron chi connectivity index (χ3n) is 3.79. The Hall–Kier alpha value is -2.63. The number of hydrogen-bond donors (Lipinski definition) is 2. The molecule has 3 N–H and O–H groups in total. The minimum atomic E-state index is -4.65. The molecule has 7 nitrogen and oxygen atoms in total. The molecule has 0 saturated carbocycles. The summed E-state index contributed by atoms with van der Waals surface area (Å²) in [5, 5.41) is 7.06. The Labute approximate surface area is 168 Å². The fourth-order valence-electron chi connectivity index (χ4n) is 2.60. The molecule has 1 aromatic carbocycles. The van der Waals surface area contributed by atoms with Gasteiger partial charge in [0.25, 0.3) is 16.5 Å². The average molecular weight is 450 g/mol. The van der Waals surface area contributed by atoms with Crippen LogP contribution >= 0.6 is 11.6 Å². The van der Waals surface area contributed by atoms with E-state index in [1.54, 1.807) is 0 Å². The van der Waals surface area contributed by atoms with E-state index in [1.807, 2.05) is 0 Å². The summed E-state index contributed by atoms with van der Waals surface area (Å²) in [5.74, 6) is 0. The number of halogens is 4. The van der Waals surface area contributed by atoms with Gasteiger partial charge in [0.2, 0.25) is 0 Å². The van der Waals surface area contributed by atoms with Crippen LogP contribution in [0.4, 0.5) is 13.2 Å². The second-order valence-electron chi connectivity index (χ2n) is 5.63. The van der Waals surface area contributed by atoms with Gasteiger partial charge in [-0.1, -0.05) is 17.7 Å². The number of alkyl halides is 3. The van der Waals surface area contributed by atoms with Crippen molar-refractivity contribution in [3.05, 3.63) is 58.9 Å². The molecule has 3 rings (SSSR count). The van der Waals surface area contributed by atoms with Crippen molar-refractivity contribution in [1.82, 2.24) is 8.96 Å². The van der Waals surface area contributed by atoms with Gasteiger partial charge < -0.3 is 10.8 Å². The Kier molecular flexibility index (Phi) is 6.88. The summed E-state index contributed by atoms with van der Waals surface area (Å²) in [7, 11) is -4.27. The van der Waals surface area contributed by atoms with E-state index in [4.69, 9.17) is 27.2 Å². The molecular formula is C17H15ClF3N3O4S. The van der Waals surface area contributed by atoms with Crippen LogP contribution in [0.1, 0.15) is 11.1 Å². The highest BCUT2D eigenvalue weighted by Gasteiger charge is 2.32. The van der Waals surface area contributed by atoms with E-state index in [2.05, 4.69) is 4.98 Å². The van der Waals surface area contributed by atoms with Crippen LogP contribution in [0.15, 0.2) is 47.5 Å². The lowest BCUT2D eigenvalue weighted by molar-refractivity contribution is -0.137. The van der Waals surface area contributed by atoms with E-state index in [1.165, 1.54) is 18.3 Å². The molecule has 0 atom stereocenters. The normalized spacial score (nSPS) is 11.8. The van der Waals surface area contributed by atoms with Crippen molar-refractivity contribution in [3.8, 4) is 0 Å². The van der Waals surface area contributed by atoms with Gasteiger partial charge in [0, 0.05) is 6.20 Å². The van der Waals surface area contributed by atoms with Gasteiger partial charge in [-0.05, 0) is 48.9 Å². The number of carboxylic acid groups (broad SMARTS) is 1. The number of benzene rings is 1. The monoisotopic (exact) mass is 449 g/mol. The lowest BCUT2D eigenvalue weighted by atomic mass is 10.2.